The minimum atomic E-state index is -0.487. The van der Waals surface area contributed by atoms with E-state index in [1.807, 2.05) is 30.3 Å². The summed E-state index contributed by atoms with van der Waals surface area (Å²) < 4.78 is 3.98. The van der Waals surface area contributed by atoms with E-state index in [0.717, 1.165) is 10.1 Å². The first-order valence-electron chi connectivity index (χ1n) is 9.60. The number of hydrogen-bond acceptors (Lipinski definition) is 7. The van der Waals surface area contributed by atoms with Crippen LogP contribution in [0.1, 0.15) is 11.1 Å². The van der Waals surface area contributed by atoms with Crippen LogP contribution >= 0.6 is 0 Å². The van der Waals surface area contributed by atoms with Crippen LogP contribution in [0.5, 0.6) is 0 Å². The van der Waals surface area contributed by atoms with E-state index in [2.05, 4.69) is 15.5 Å². The van der Waals surface area contributed by atoms with Crippen molar-refractivity contribution in [2.24, 2.45) is 19.2 Å². The van der Waals surface area contributed by atoms with Gasteiger partial charge in [-0.15, -0.1) is 0 Å². The summed E-state index contributed by atoms with van der Waals surface area (Å²) in [6.07, 6.45) is 1.41. The summed E-state index contributed by atoms with van der Waals surface area (Å²) in [5.41, 5.74) is 3.71. The second kappa shape index (κ2) is 8.30. The highest BCUT2D eigenvalue weighted by Crippen LogP contribution is 2.18. The van der Waals surface area contributed by atoms with Gasteiger partial charge in [0.1, 0.15) is 0 Å². The Balaban J connectivity index is 1.79. The highest BCUT2D eigenvalue weighted by atomic mass is 16.6. The van der Waals surface area contributed by atoms with Gasteiger partial charge in [-0.1, -0.05) is 42.5 Å². The number of non-ortho nitro benzene ring substituents is 1. The molecule has 4 rings (SSSR count). The maximum absolute atomic E-state index is 12.9. The standard InChI is InChI=1S/C21H19N7O4/c1-25-18-17(19(29)26(2)21(25)30)27(13-14-7-4-3-5-8-14)20(23-18)24-22-12-15-9-6-10-16(11-15)28(31)32/h3-12H,13H2,1-2H3,(H,23,24). The van der Waals surface area contributed by atoms with Crippen LogP contribution in [-0.4, -0.2) is 29.8 Å². The van der Waals surface area contributed by atoms with E-state index in [4.69, 9.17) is 0 Å². The zero-order valence-electron chi connectivity index (χ0n) is 17.3. The molecule has 0 saturated carbocycles. The zero-order chi connectivity index (χ0) is 22.8. The van der Waals surface area contributed by atoms with Gasteiger partial charge < -0.3 is 0 Å². The van der Waals surface area contributed by atoms with Crippen LogP contribution in [-0.2, 0) is 20.6 Å². The Hall–Kier alpha value is -4.54. The monoisotopic (exact) mass is 433 g/mol. The number of aromatic nitrogens is 4. The molecule has 0 bridgehead atoms. The van der Waals surface area contributed by atoms with Crippen molar-refractivity contribution in [1.29, 1.82) is 0 Å². The van der Waals surface area contributed by atoms with E-state index >= 15 is 0 Å². The van der Waals surface area contributed by atoms with Crippen molar-refractivity contribution >= 4 is 29.0 Å². The van der Waals surface area contributed by atoms with Crippen LogP contribution in [0.25, 0.3) is 11.2 Å². The number of anilines is 1. The van der Waals surface area contributed by atoms with Crippen molar-refractivity contribution in [1.82, 2.24) is 18.7 Å². The van der Waals surface area contributed by atoms with Gasteiger partial charge >= 0.3 is 5.69 Å². The van der Waals surface area contributed by atoms with Crippen LogP contribution < -0.4 is 16.7 Å². The summed E-state index contributed by atoms with van der Waals surface area (Å²) >= 11 is 0. The first kappa shape index (κ1) is 20.7. The summed E-state index contributed by atoms with van der Waals surface area (Å²) in [6, 6.07) is 15.5. The lowest BCUT2D eigenvalue weighted by molar-refractivity contribution is -0.384. The van der Waals surface area contributed by atoms with Gasteiger partial charge in [-0.25, -0.2) is 10.2 Å². The average molecular weight is 433 g/mol. The molecule has 2 aromatic carbocycles. The number of fused-ring (bicyclic) bond motifs is 1. The fourth-order valence-electron chi connectivity index (χ4n) is 3.33. The van der Waals surface area contributed by atoms with E-state index in [1.54, 1.807) is 23.7 Å². The van der Waals surface area contributed by atoms with Gasteiger partial charge in [-0.05, 0) is 5.56 Å². The highest BCUT2D eigenvalue weighted by molar-refractivity contribution is 5.81. The Morgan fingerprint density at radius 3 is 2.56 bits per heavy atom. The third-order valence-electron chi connectivity index (χ3n) is 4.99. The average Bonchev–Trinajstić information content (AvgIpc) is 3.15. The number of nitro benzene ring substituents is 1. The first-order chi connectivity index (χ1) is 15.4. The third-order valence-corrected chi connectivity index (χ3v) is 4.99. The van der Waals surface area contributed by atoms with Gasteiger partial charge in [-0.2, -0.15) is 10.1 Å². The number of nitrogens with zero attached hydrogens (tertiary/aromatic N) is 6. The van der Waals surface area contributed by atoms with Gasteiger partial charge in [0.2, 0.25) is 5.95 Å². The molecular formula is C21H19N7O4. The molecular weight excluding hydrogens is 414 g/mol. The van der Waals surface area contributed by atoms with Crippen molar-refractivity contribution in [3.63, 3.8) is 0 Å². The van der Waals surface area contributed by atoms with E-state index in [1.165, 1.54) is 30.0 Å². The molecule has 0 aliphatic carbocycles. The third kappa shape index (κ3) is 3.78. The van der Waals surface area contributed by atoms with Crippen LogP contribution in [0.3, 0.4) is 0 Å². The first-order valence-corrected chi connectivity index (χ1v) is 9.60. The lowest BCUT2D eigenvalue weighted by Gasteiger charge is -2.09. The summed E-state index contributed by atoms with van der Waals surface area (Å²) in [4.78, 5) is 40.1. The molecule has 4 aromatic rings. The number of nitrogens with one attached hydrogen (secondary N) is 1. The molecule has 0 aliphatic heterocycles. The van der Waals surface area contributed by atoms with Crippen LogP contribution in [0.2, 0.25) is 0 Å². The van der Waals surface area contributed by atoms with Gasteiger partial charge in [0.15, 0.2) is 11.2 Å². The Morgan fingerprint density at radius 1 is 1.09 bits per heavy atom. The molecule has 32 heavy (non-hydrogen) atoms. The van der Waals surface area contributed by atoms with Crippen LogP contribution in [0.4, 0.5) is 11.6 Å². The largest absolute Gasteiger partial charge is 0.332 e. The maximum Gasteiger partial charge on any atom is 0.332 e. The normalized spacial score (nSPS) is 11.3. The van der Waals surface area contributed by atoms with E-state index in [-0.39, 0.29) is 22.8 Å². The maximum atomic E-state index is 12.9. The Morgan fingerprint density at radius 2 is 1.84 bits per heavy atom. The predicted octanol–water partition coefficient (Wildman–Crippen LogP) is 1.84. The molecule has 162 valence electrons. The summed E-state index contributed by atoms with van der Waals surface area (Å²) in [7, 11) is 2.96. The minimum Gasteiger partial charge on any atom is -0.298 e. The molecule has 11 nitrogen and oxygen atoms in total. The fraction of sp³-hybridized carbons (Fsp3) is 0.143. The molecule has 0 fully saturated rings. The molecule has 2 heterocycles. The molecule has 0 unspecified atom stereocenters. The molecule has 0 atom stereocenters. The molecule has 0 saturated heterocycles. The number of aryl methyl sites for hydroxylation is 1. The van der Waals surface area contributed by atoms with Crippen molar-refractivity contribution < 1.29 is 4.92 Å². The minimum absolute atomic E-state index is 0.0521. The SMILES string of the molecule is Cn1c(=O)c2c(nc(NN=Cc3cccc([N+](=O)[O-])c3)n2Cc2ccccc2)n(C)c1=O. The lowest BCUT2D eigenvalue weighted by Crippen LogP contribution is -2.37. The second-order valence-electron chi connectivity index (χ2n) is 7.11. The molecule has 0 aliphatic rings. The Bertz CT molecular complexity index is 1470. The number of rotatable bonds is 6. The number of hydrogen-bond donors (Lipinski definition) is 1. The number of benzene rings is 2. The number of imidazole rings is 1. The summed E-state index contributed by atoms with van der Waals surface area (Å²) in [5, 5.41) is 15.1. The van der Waals surface area contributed by atoms with Gasteiger partial charge in [0.25, 0.3) is 11.2 Å². The molecule has 11 heteroatoms. The van der Waals surface area contributed by atoms with Crippen molar-refractivity contribution in [2.45, 2.75) is 6.54 Å². The highest BCUT2D eigenvalue weighted by Gasteiger charge is 2.19. The second-order valence-corrected chi connectivity index (χ2v) is 7.11. The smallest absolute Gasteiger partial charge is 0.298 e. The van der Waals surface area contributed by atoms with E-state index in [0.29, 0.717) is 12.1 Å². The molecule has 1 N–H and O–H groups in total. The number of nitro groups is 1. The van der Waals surface area contributed by atoms with Gasteiger partial charge in [-0.3, -0.25) is 28.6 Å². The zero-order valence-corrected chi connectivity index (χ0v) is 17.3. The van der Waals surface area contributed by atoms with Crippen LogP contribution in [0, 0.1) is 10.1 Å². The summed E-state index contributed by atoms with van der Waals surface area (Å²) in [5.74, 6) is 0.254. The Kier molecular flexibility index (Phi) is 5.37. The van der Waals surface area contributed by atoms with E-state index < -0.39 is 16.2 Å². The van der Waals surface area contributed by atoms with Crippen molar-refractivity contribution in [2.75, 3.05) is 5.43 Å². The van der Waals surface area contributed by atoms with Crippen molar-refractivity contribution in [3.05, 3.63) is 96.7 Å². The molecule has 0 spiro atoms. The lowest BCUT2D eigenvalue weighted by atomic mass is 10.2. The molecule has 2 aromatic heterocycles. The van der Waals surface area contributed by atoms with Gasteiger partial charge in [0.05, 0.1) is 17.7 Å². The summed E-state index contributed by atoms with van der Waals surface area (Å²) in [6.45, 7) is 0.319. The quantitative estimate of drug-likeness (QED) is 0.281. The fourth-order valence-corrected chi connectivity index (χ4v) is 3.33. The number of hydrazone groups is 1. The van der Waals surface area contributed by atoms with Gasteiger partial charge in [0, 0.05) is 31.8 Å². The predicted molar refractivity (Wildman–Crippen MR) is 120 cm³/mol. The van der Waals surface area contributed by atoms with E-state index in [9.17, 15) is 19.7 Å². The molecule has 0 amide bonds. The van der Waals surface area contributed by atoms with Crippen LogP contribution in [0.15, 0.2) is 69.3 Å². The van der Waals surface area contributed by atoms with Crippen molar-refractivity contribution in [3.8, 4) is 0 Å². The Labute approximate surface area is 181 Å². The molecule has 0 radical (unpaired) electrons. The topological polar surface area (TPSA) is 129 Å².